The van der Waals surface area contributed by atoms with Crippen molar-refractivity contribution in [1.82, 2.24) is 5.32 Å². The molecule has 0 amide bonds. The third-order valence-electron chi connectivity index (χ3n) is 3.44. The van der Waals surface area contributed by atoms with Gasteiger partial charge in [-0.15, -0.1) is 0 Å². The fourth-order valence-corrected chi connectivity index (χ4v) is 2.35. The first-order chi connectivity index (χ1) is 10.2. The van der Waals surface area contributed by atoms with Gasteiger partial charge in [0.15, 0.2) is 0 Å². The van der Waals surface area contributed by atoms with Crippen molar-refractivity contribution in [3.05, 3.63) is 65.5 Å². The second-order valence-electron chi connectivity index (χ2n) is 4.97. The molecule has 1 atom stereocenters. The van der Waals surface area contributed by atoms with E-state index in [2.05, 4.69) is 18.3 Å². The van der Waals surface area contributed by atoms with Gasteiger partial charge in [-0.3, -0.25) is 0 Å². The summed E-state index contributed by atoms with van der Waals surface area (Å²) in [5.74, 6) is 0.699. The molecule has 0 aliphatic heterocycles. The number of halogens is 1. The van der Waals surface area contributed by atoms with Crippen LogP contribution in [0.4, 0.5) is 4.39 Å². The normalized spacial score (nSPS) is 12.1. The summed E-state index contributed by atoms with van der Waals surface area (Å²) < 4.78 is 18.5. The Hall–Kier alpha value is -1.87. The van der Waals surface area contributed by atoms with E-state index in [9.17, 15) is 4.39 Å². The summed E-state index contributed by atoms with van der Waals surface area (Å²) in [6.45, 7) is 5.53. The molecule has 2 aromatic carbocycles. The van der Waals surface area contributed by atoms with Crippen molar-refractivity contribution in [1.29, 1.82) is 0 Å². The first kappa shape index (κ1) is 15.5. The van der Waals surface area contributed by atoms with E-state index < -0.39 is 0 Å². The molecule has 0 fully saturated rings. The molecule has 0 aliphatic carbocycles. The minimum atomic E-state index is -0.196. The Kier molecular flexibility index (Phi) is 5.76. The molecule has 0 saturated heterocycles. The Morgan fingerprint density at radius 3 is 2.52 bits per heavy atom. The molecule has 0 aromatic heterocycles. The van der Waals surface area contributed by atoms with Crippen molar-refractivity contribution in [2.24, 2.45) is 0 Å². The van der Waals surface area contributed by atoms with Crippen LogP contribution < -0.4 is 10.1 Å². The Morgan fingerprint density at radius 2 is 1.86 bits per heavy atom. The number of nitrogens with one attached hydrogen (secondary N) is 1. The molecule has 0 radical (unpaired) electrons. The van der Waals surface area contributed by atoms with E-state index in [1.165, 1.54) is 17.7 Å². The van der Waals surface area contributed by atoms with E-state index in [1.807, 2.05) is 37.3 Å². The lowest BCUT2D eigenvalue weighted by molar-refractivity contribution is 0.339. The van der Waals surface area contributed by atoms with Crippen LogP contribution in [0, 0.1) is 5.82 Å². The number of hydrogen-bond acceptors (Lipinski definition) is 2. The molecular weight excluding hydrogens is 265 g/mol. The van der Waals surface area contributed by atoms with Crippen LogP contribution in [0.5, 0.6) is 5.75 Å². The number of hydrogen-bond donors (Lipinski definition) is 1. The quantitative estimate of drug-likeness (QED) is 0.811. The Labute approximate surface area is 126 Å². The zero-order valence-corrected chi connectivity index (χ0v) is 12.6. The second kappa shape index (κ2) is 7.79. The fraction of sp³-hybridized carbons (Fsp3) is 0.333. The third-order valence-corrected chi connectivity index (χ3v) is 3.44. The molecular formula is C18H22FNO. The van der Waals surface area contributed by atoms with Gasteiger partial charge in [0.25, 0.3) is 0 Å². The smallest absolute Gasteiger partial charge is 0.123 e. The van der Waals surface area contributed by atoms with Gasteiger partial charge in [-0.2, -0.15) is 0 Å². The second-order valence-corrected chi connectivity index (χ2v) is 4.97. The van der Waals surface area contributed by atoms with E-state index in [-0.39, 0.29) is 11.9 Å². The molecule has 2 nitrogen and oxygen atoms in total. The molecule has 0 spiro atoms. The Balaban J connectivity index is 1.99. The van der Waals surface area contributed by atoms with Crippen LogP contribution in [0.15, 0.2) is 48.5 Å². The van der Waals surface area contributed by atoms with Crippen LogP contribution >= 0.6 is 0 Å². The van der Waals surface area contributed by atoms with Gasteiger partial charge in [0.2, 0.25) is 0 Å². The summed E-state index contributed by atoms with van der Waals surface area (Å²) in [5, 5.41) is 3.51. The van der Waals surface area contributed by atoms with Crippen LogP contribution in [0.2, 0.25) is 0 Å². The molecule has 3 heteroatoms. The van der Waals surface area contributed by atoms with Gasteiger partial charge in [-0.1, -0.05) is 31.2 Å². The van der Waals surface area contributed by atoms with Gasteiger partial charge in [0.1, 0.15) is 11.6 Å². The molecule has 0 saturated carbocycles. The molecule has 1 unspecified atom stereocenters. The van der Waals surface area contributed by atoms with E-state index in [1.54, 1.807) is 0 Å². The van der Waals surface area contributed by atoms with Crippen molar-refractivity contribution >= 4 is 0 Å². The topological polar surface area (TPSA) is 21.3 Å². The molecule has 0 bridgehead atoms. The van der Waals surface area contributed by atoms with Gasteiger partial charge in [0, 0.05) is 12.6 Å². The molecule has 2 rings (SSSR count). The van der Waals surface area contributed by atoms with Crippen molar-refractivity contribution in [2.75, 3.05) is 6.61 Å². The summed E-state index contributed by atoms with van der Waals surface area (Å²) in [4.78, 5) is 0. The summed E-state index contributed by atoms with van der Waals surface area (Å²) in [5.41, 5.74) is 2.29. The first-order valence-corrected chi connectivity index (χ1v) is 7.43. The maximum absolute atomic E-state index is 13.0. The van der Waals surface area contributed by atoms with Crippen molar-refractivity contribution in [2.45, 2.75) is 32.9 Å². The SMILES string of the molecule is CCOc1cccc(CNC(CC)c2ccc(F)cc2)c1. The third kappa shape index (κ3) is 4.57. The molecule has 1 N–H and O–H groups in total. The standard InChI is InChI=1S/C18H22FNO/c1-3-18(15-8-10-16(19)11-9-15)20-13-14-6-5-7-17(12-14)21-4-2/h5-12,18,20H,3-4,13H2,1-2H3. The average Bonchev–Trinajstić information content (AvgIpc) is 2.50. The average molecular weight is 287 g/mol. The van der Waals surface area contributed by atoms with Gasteiger partial charge in [0.05, 0.1) is 6.61 Å². The van der Waals surface area contributed by atoms with Crippen LogP contribution in [0.1, 0.15) is 37.4 Å². The highest BCUT2D eigenvalue weighted by Crippen LogP contribution is 2.19. The predicted molar refractivity (Wildman–Crippen MR) is 83.9 cm³/mol. The van der Waals surface area contributed by atoms with E-state index in [4.69, 9.17) is 4.74 Å². The molecule has 0 heterocycles. The lowest BCUT2D eigenvalue weighted by Gasteiger charge is -2.18. The van der Waals surface area contributed by atoms with Crippen molar-refractivity contribution < 1.29 is 9.13 Å². The summed E-state index contributed by atoms with van der Waals surface area (Å²) >= 11 is 0. The number of benzene rings is 2. The van der Waals surface area contributed by atoms with Gasteiger partial charge >= 0.3 is 0 Å². The van der Waals surface area contributed by atoms with E-state index >= 15 is 0 Å². The molecule has 21 heavy (non-hydrogen) atoms. The lowest BCUT2D eigenvalue weighted by atomic mass is 10.0. The van der Waals surface area contributed by atoms with E-state index in [0.717, 1.165) is 24.3 Å². The molecule has 2 aromatic rings. The largest absolute Gasteiger partial charge is 0.494 e. The van der Waals surface area contributed by atoms with Gasteiger partial charge in [-0.25, -0.2) is 4.39 Å². The maximum atomic E-state index is 13.0. The van der Waals surface area contributed by atoms with E-state index in [0.29, 0.717) is 6.61 Å². The Morgan fingerprint density at radius 1 is 1.10 bits per heavy atom. The first-order valence-electron chi connectivity index (χ1n) is 7.43. The van der Waals surface area contributed by atoms with Gasteiger partial charge in [-0.05, 0) is 48.7 Å². The predicted octanol–water partition coefficient (Wildman–Crippen LogP) is 4.47. The Bertz CT molecular complexity index is 553. The summed E-state index contributed by atoms with van der Waals surface area (Å²) in [6.07, 6.45) is 0.955. The summed E-state index contributed by atoms with van der Waals surface area (Å²) in [7, 11) is 0. The van der Waals surface area contributed by atoms with Crippen molar-refractivity contribution in [3.8, 4) is 5.75 Å². The zero-order chi connectivity index (χ0) is 15.1. The zero-order valence-electron chi connectivity index (χ0n) is 12.6. The minimum Gasteiger partial charge on any atom is -0.494 e. The van der Waals surface area contributed by atoms with Crippen LogP contribution in [0.3, 0.4) is 0 Å². The van der Waals surface area contributed by atoms with Crippen LogP contribution in [-0.4, -0.2) is 6.61 Å². The molecule has 112 valence electrons. The maximum Gasteiger partial charge on any atom is 0.123 e. The number of rotatable bonds is 7. The monoisotopic (exact) mass is 287 g/mol. The molecule has 0 aliphatic rings. The van der Waals surface area contributed by atoms with Crippen molar-refractivity contribution in [3.63, 3.8) is 0 Å². The minimum absolute atomic E-state index is 0.196. The van der Waals surface area contributed by atoms with Crippen LogP contribution in [0.25, 0.3) is 0 Å². The highest BCUT2D eigenvalue weighted by atomic mass is 19.1. The highest BCUT2D eigenvalue weighted by Gasteiger charge is 2.09. The van der Waals surface area contributed by atoms with Crippen LogP contribution in [-0.2, 0) is 6.54 Å². The highest BCUT2D eigenvalue weighted by molar-refractivity contribution is 5.28. The fourth-order valence-electron chi connectivity index (χ4n) is 2.35. The summed E-state index contributed by atoms with van der Waals surface area (Å²) in [6, 6.07) is 15.0. The number of ether oxygens (including phenoxy) is 1. The lowest BCUT2D eigenvalue weighted by Crippen LogP contribution is -2.20. The van der Waals surface area contributed by atoms with Gasteiger partial charge < -0.3 is 10.1 Å².